The molecule has 0 saturated heterocycles. The van der Waals surface area contributed by atoms with Gasteiger partial charge in [-0.15, -0.1) is 0 Å². The molecule has 0 spiro atoms. The third-order valence-corrected chi connectivity index (χ3v) is 1.02. The predicted molar refractivity (Wildman–Crippen MR) is 22.8 cm³/mol. The molecule has 5 heteroatoms. The smallest absolute Gasteiger partial charge is 0.324 e. The standard InChI is InChI=1S/C2H7O3P.U/c1-5-6(2,3)4;/h1-2H3,(H,3,4);. The summed E-state index contributed by atoms with van der Waals surface area (Å²) in [7, 11) is -1.95. The Kier molecular flexibility index (Phi) is 6.51. The quantitative estimate of drug-likeness (QED) is 0.700. The van der Waals surface area contributed by atoms with Crippen molar-refractivity contribution in [3.8, 4) is 0 Å². The van der Waals surface area contributed by atoms with Crippen molar-refractivity contribution in [3.05, 3.63) is 0 Å². The zero-order valence-electron chi connectivity index (χ0n) is 4.21. The predicted octanol–water partition coefficient (Wildman–Crippen LogP) is 0.448. The topological polar surface area (TPSA) is 46.5 Å². The van der Waals surface area contributed by atoms with Crippen molar-refractivity contribution in [2.24, 2.45) is 0 Å². The maximum Gasteiger partial charge on any atom is 0.324 e. The summed E-state index contributed by atoms with van der Waals surface area (Å²) in [5.41, 5.74) is 0. The van der Waals surface area contributed by atoms with Gasteiger partial charge in [-0.2, -0.15) is 0 Å². The van der Waals surface area contributed by atoms with E-state index in [-0.39, 0.29) is 31.1 Å². The molecule has 0 aliphatic heterocycles. The summed E-state index contributed by atoms with van der Waals surface area (Å²) >= 11 is 0. The van der Waals surface area contributed by atoms with Gasteiger partial charge in [-0.1, -0.05) is 0 Å². The Morgan fingerprint density at radius 1 is 1.71 bits per heavy atom. The summed E-state index contributed by atoms with van der Waals surface area (Å²) in [5, 5.41) is 0. The van der Waals surface area contributed by atoms with Gasteiger partial charge in [-0.3, -0.25) is 4.57 Å². The van der Waals surface area contributed by atoms with Crippen molar-refractivity contribution in [1.82, 2.24) is 0 Å². The monoisotopic (exact) mass is 348 g/mol. The summed E-state index contributed by atoms with van der Waals surface area (Å²) in [6, 6.07) is 0. The van der Waals surface area contributed by atoms with Crippen LogP contribution in [0, 0.1) is 31.1 Å². The summed E-state index contributed by atoms with van der Waals surface area (Å²) in [4.78, 5) is 8.16. The molecule has 1 unspecified atom stereocenters. The SMILES string of the molecule is COP(C)(=O)O.[U]. The zero-order chi connectivity index (χ0) is 5.21. The normalized spacial score (nSPS) is 17.0. The van der Waals surface area contributed by atoms with Crippen LogP contribution in [0.5, 0.6) is 0 Å². The molecule has 0 fully saturated rings. The third-order valence-electron chi connectivity index (χ3n) is 0.339. The molecule has 0 rings (SSSR count). The fourth-order valence-electron chi connectivity index (χ4n) is 0. The minimum Gasteiger partial charge on any atom is -0.324 e. The van der Waals surface area contributed by atoms with Gasteiger partial charge < -0.3 is 9.42 Å². The first-order chi connectivity index (χ1) is 2.56. The second kappa shape index (κ2) is 4.12. The van der Waals surface area contributed by atoms with Gasteiger partial charge in [0.25, 0.3) is 0 Å². The van der Waals surface area contributed by atoms with E-state index in [4.69, 9.17) is 4.89 Å². The van der Waals surface area contributed by atoms with Crippen molar-refractivity contribution in [2.45, 2.75) is 0 Å². The first kappa shape index (κ1) is 11.1. The Labute approximate surface area is 66.4 Å². The fourth-order valence-corrected chi connectivity index (χ4v) is 0. The molecule has 0 aromatic heterocycles. The van der Waals surface area contributed by atoms with Gasteiger partial charge in [0.2, 0.25) is 0 Å². The molecule has 1 N–H and O–H groups in total. The second-order valence-electron chi connectivity index (χ2n) is 0.986. The molecule has 0 aliphatic carbocycles. The van der Waals surface area contributed by atoms with E-state index in [1.54, 1.807) is 0 Å². The van der Waals surface area contributed by atoms with Crippen LogP contribution in [-0.4, -0.2) is 18.7 Å². The van der Waals surface area contributed by atoms with Crippen LogP contribution in [0.15, 0.2) is 0 Å². The van der Waals surface area contributed by atoms with Gasteiger partial charge in [-0.25, -0.2) is 0 Å². The van der Waals surface area contributed by atoms with Gasteiger partial charge in [0.15, 0.2) is 0 Å². The van der Waals surface area contributed by atoms with E-state index < -0.39 is 7.60 Å². The molecular formula is C2H7O3PU. The number of rotatable bonds is 1. The van der Waals surface area contributed by atoms with Crippen molar-refractivity contribution in [2.75, 3.05) is 13.8 Å². The van der Waals surface area contributed by atoms with Crippen LogP contribution in [0.3, 0.4) is 0 Å². The van der Waals surface area contributed by atoms with E-state index in [1.165, 1.54) is 7.11 Å². The molecule has 0 amide bonds. The van der Waals surface area contributed by atoms with Crippen LogP contribution in [0.2, 0.25) is 0 Å². The van der Waals surface area contributed by atoms with Crippen molar-refractivity contribution in [1.29, 1.82) is 0 Å². The molecular weight excluding hydrogens is 341 g/mol. The Bertz CT molecular complexity index is 77.0. The van der Waals surface area contributed by atoms with Gasteiger partial charge in [0.05, 0.1) is 0 Å². The van der Waals surface area contributed by atoms with E-state index in [1.807, 2.05) is 0 Å². The van der Waals surface area contributed by atoms with Crippen LogP contribution >= 0.6 is 7.60 Å². The summed E-state index contributed by atoms with van der Waals surface area (Å²) in [6.45, 7) is 1.13. The second-order valence-corrected chi connectivity index (χ2v) is 2.96. The van der Waals surface area contributed by atoms with E-state index in [2.05, 4.69) is 4.52 Å². The Hall–Kier alpha value is 1.20. The first-order valence-electron chi connectivity index (χ1n) is 1.42. The molecule has 0 aromatic rings. The van der Waals surface area contributed by atoms with Gasteiger partial charge in [0.1, 0.15) is 0 Å². The van der Waals surface area contributed by atoms with Crippen LogP contribution in [0.25, 0.3) is 0 Å². The Balaban J connectivity index is 0. The maximum absolute atomic E-state index is 9.92. The van der Waals surface area contributed by atoms with E-state index >= 15 is 0 Å². The molecule has 7 heavy (non-hydrogen) atoms. The minimum absolute atomic E-state index is 0. The Morgan fingerprint density at radius 2 is 1.86 bits per heavy atom. The van der Waals surface area contributed by atoms with E-state index in [9.17, 15) is 4.57 Å². The summed E-state index contributed by atoms with van der Waals surface area (Å²) < 4.78 is 14.0. The molecule has 42 valence electrons. The van der Waals surface area contributed by atoms with Crippen molar-refractivity contribution < 1.29 is 45.1 Å². The number of hydrogen-bond acceptors (Lipinski definition) is 2. The molecule has 1 atom stereocenters. The van der Waals surface area contributed by atoms with Crippen LogP contribution in [0.1, 0.15) is 0 Å². The summed E-state index contributed by atoms with van der Waals surface area (Å²) in [5.74, 6) is 0. The first-order valence-corrected chi connectivity index (χ1v) is 3.45. The van der Waals surface area contributed by atoms with Crippen LogP contribution in [0.4, 0.5) is 0 Å². The summed E-state index contributed by atoms with van der Waals surface area (Å²) in [6.07, 6.45) is 0. The molecule has 0 aliphatic rings. The van der Waals surface area contributed by atoms with Crippen molar-refractivity contribution in [3.63, 3.8) is 0 Å². The average Bonchev–Trinajstić information content (AvgIpc) is 1.35. The zero-order valence-corrected chi connectivity index (χ0v) is 9.27. The minimum atomic E-state index is -3.15. The van der Waals surface area contributed by atoms with E-state index in [0.29, 0.717) is 0 Å². The molecule has 0 bridgehead atoms. The van der Waals surface area contributed by atoms with Crippen LogP contribution < -0.4 is 0 Å². The van der Waals surface area contributed by atoms with Crippen molar-refractivity contribution >= 4 is 7.60 Å². The Morgan fingerprint density at radius 3 is 1.86 bits per heavy atom. The number of hydrogen-bond donors (Lipinski definition) is 1. The molecule has 0 saturated carbocycles. The average molecular weight is 348 g/mol. The van der Waals surface area contributed by atoms with Crippen LogP contribution in [-0.2, 0) is 9.09 Å². The maximum atomic E-state index is 9.92. The molecule has 0 heterocycles. The third kappa shape index (κ3) is 11.0. The largest absolute Gasteiger partial charge is 0.324 e. The molecule has 3 nitrogen and oxygen atoms in total. The molecule has 0 aromatic carbocycles. The van der Waals surface area contributed by atoms with Gasteiger partial charge in [-0.05, 0) is 0 Å². The van der Waals surface area contributed by atoms with Gasteiger partial charge >= 0.3 is 7.60 Å². The van der Waals surface area contributed by atoms with E-state index in [0.717, 1.165) is 6.66 Å². The fraction of sp³-hybridized carbons (Fsp3) is 1.00. The van der Waals surface area contributed by atoms with Gasteiger partial charge in [0, 0.05) is 44.9 Å². The molecule has 0 radical (unpaired) electrons.